The van der Waals surface area contributed by atoms with Crippen LogP contribution in [0.25, 0.3) is 0 Å². The van der Waals surface area contributed by atoms with Gasteiger partial charge in [0.15, 0.2) is 0 Å². The van der Waals surface area contributed by atoms with Gasteiger partial charge in [0, 0.05) is 17.8 Å². The lowest BCUT2D eigenvalue weighted by molar-refractivity contribution is -0.231. The second-order valence-electron chi connectivity index (χ2n) is 16.5. The normalized spacial score (nSPS) is 43.9. The summed E-state index contributed by atoms with van der Waals surface area (Å²) in [4.78, 5) is 23.9. The summed E-state index contributed by atoms with van der Waals surface area (Å²) in [7, 11) is 0. The molecule has 0 amide bonds. The molecule has 1 aromatic heterocycles. The Hall–Kier alpha value is -2.53. The van der Waals surface area contributed by atoms with Crippen LogP contribution in [0.4, 0.5) is 0 Å². The number of nitrogens with zero attached hydrogens (tertiary/aromatic N) is 2. The van der Waals surface area contributed by atoms with Crippen LogP contribution in [0, 0.1) is 51.2 Å². The summed E-state index contributed by atoms with van der Waals surface area (Å²) in [6.45, 7) is 17.1. The fourth-order valence-electron chi connectivity index (χ4n) is 12.7. The minimum absolute atomic E-state index is 0.0290. The van der Waals surface area contributed by atoms with Gasteiger partial charge in [-0.25, -0.2) is 0 Å². The molecule has 0 spiro atoms. The highest BCUT2D eigenvalue weighted by atomic mass is 16.5. The third kappa shape index (κ3) is 3.89. The van der Waals surface area contributed by atoms with Gasteiger partial charge in [0.2, 0.25) is 0 Å². The molecular formula is C39H52N2O3. The molecule has 4 saturated carbocycles. The predicted octanol–water partition coefficient (Wildman–Crippen LogP) is 7.86. The van der Waals surface area contributed by atoms with Crippen LogP contribution in [0.3, 0.4) is 0 Å². The molecule has 236 valence electrons. The number of carbonyl (C=O) groups is 1. The van der Waals surface area contributed by atoms with E-state index in [4.69, 9.17) is 14.7 Å². The summed E-state index contributed by atoms with van der Waals surface area (Å²) in [5, 5.41) is 10.9. The molecule has 5 nitrogen and oxygen atoms in total. The molecule has 0 aliphatic heterocycles. The summed E-state index contributed by atoms with van der Waals surface area (Å²) < 4.78 is 6.19. The molecule has 44 heavy (non-hydrogen) atoms. The van der Waals surface area contributed by atoms with Crippen molar-refractivity contribution in [1.82, 2.24) is 9.97 Å². The first-order valence-corrected chi connectivity index (χ1v) is 17.2. The maximum atomic E-state index is 14.3. The van der Waals surface area contributed by atoms with Gasteiger partial charge in [0.25, 0.3) is 0 Å². The molecule has 4 fully saturated rings. The van der Waals surface area contributed by atoms with E-state index in [2.05, 4.69) is 41.2 Å². The Kier molecular flexibility index (Phi) is 7.01. The summed E-state index contributed by atoms with van der Waals surface area (Å²) in [5.41, 5.74) is 3.89. The lowest BCUT2D eigenvalue weighted by atomic mass is 9.32. The maximum absolute atomic E-state index is 14.3. The van der Waals surface area contributed by atoms with Crippen LogP contribution in [0.15, 0.2) is 54.9 Å². The van der Waals surface area contributed by atoms with E-state index in [9.17, 15) is 9.90 Å². The first kappa shape index (κ1) is 30.1. The van der Waals surface area contributed by atoms with E-state index in [0.29, 0.717) is 30.3 Å². The zero-order valence-corrected chi connectivity index (χ0v) is 27.6. The highest BCUT2D eigenvalue weighted by Gasteiger charge is 2.72. The molecule has 7 rings (SSSR count). The highest BCUT2D eigenvalue weighted by Crippen LogP contribution is 2.77. The number of rotatable bonds is 5. The molecule has 10 atom stereocenters. The molecule has 1 aromatic carbocycles. The molecule has 5 aliphatic carbocycles. The van der Waals surface area contributed by atoms with Crippen molar-refractivity contribution in [3.8, 4) is 0 Å². The van der Waals surface area contributed by atoms with Crippen LogP contribution < -0.4 is 0 Å². The molecule has 1 N–H and O–H groups in total. The van der Waals surface area contributed by atoms with Crippen molar-refractivity contribution < 1.29 is 14.6 Å². The van der Waals surface area contributed by atoms with Crippen LogP contribution in [0.1, 0.15) is 103 Å². The summed E-state index contributed by atoms with van der Waals surface area (Å²) >= 11 is 0. The van der Waals surface area contributed by atoms with Gasteiger partial charge in [-0.05, 0) is 116 Å². The first-order chi connectivity index (χ1) is 20.9. The molecule has 0 radical (unpaired) electrons. The molecule has 5 aliphatic rings. The first-order valence-electron chi connectivity index (χ1n) is 17.2. The zero-order chi connectivity index (χ0) is 31.1. The molecule has 0 unspecified atom stereocenters. The number of fused-ring (bicyclic) bond motifs is 8. The largest absolute Gasteiger partial charge is 0.460 e. The summed E-state index contributed by atoms with van der Waals surface area (Å²) in [5.74, 6) is 2.04. The Morgan fingerprint density at radius 1 is 0.932 bits per heavy atom. The Balaban J connectivity index is 1.24. The van der Waals surface area contributed by atoms with Crippen molar-refractivity contribution in [2.24, 2.45) is 51.2 Å². The molecule has 0 bridgehead atoms. The molecule has 5 heteroatoms. The number of hydrogen-bond donors (Lipinski definition) is 1. The Morgan fingerprint density at radius 2 is 1.68 bits per heavy atom. The summed E-state index contributed by atoms with van der Waals surface area (Å²) in [6.07, 6.45) is 13.1. The standard InChI is InChI=1S/C39H52N2O3/c1-25(2)27-14-17-39(34(43)44-23-26-10-8-7-9-11-26)19-18-37(5)28(32(27)39)12-13-31-35(3)22-29-33(41-21-20-40-29)36(4,24-42)30(35)15-16-38(31,37)6/h7-11,20-21,27-28,30-32,42H,1,12-19,22-24H2,2-6H3/t27-,28+,30+,31+,32+,35-,36-,37+,38+,39-/m0/s1. The molecule has 0 saturated heterocycles. The third-order valence-corrected chi connectivity index (χ3v) is 14.9. The quantitative estimate of drug-likeness (QED) is 0.281. The van der Waals surface area contributed by atoms with Gasteiger partial charge in [-0.15, -0.1) is 0 Å². The van der Waals surface area contributed by atoms with Crippen LogP contribution in [0.2, 0.25) is 0 Å². The highest BCUT2D eigenvalue weighted by molar-refractivity contribution is 5.78. The van der Waals surface area contributed by atoms with E-state index < -0.39 is 5.41 Å². The van der Waals surface area contributed by atoms with Crippen molar-refractivity contribution >= 4 is 5.97 Å². The zero-order valence-electron chi connectivity index (χ0n) is 27.6. The number of ether oxygens (including phenoxy) is 1. The van der Waals surface area contributed by atoms with Gasteiger partial charge in [0.05, 0.1) is 23.4 Å². The van der Waals surface area contributed by atoms with Gasteiger partial charge in [-0.1, -0.05) is 70.2 Å². The van der Waals surface area contributed by atoms with Crippen LogP contribution in [-0.4, -0.2) is 27.7 Å². The van der Waals surface area contributed by atoms with E-state index in [1.807, 2.05) is 36.5 Å². The van der Waals surface area contributed by atoms with Gasteiger partial charge >= 0.3 is 5.97 Å². The number of aliphatic hydroxyl groups excluding tert-OH is 1. The Bertz CT molecular complexity index is 1460. The number of aliphatic hydroxyl groups is 1. The van der Waals surface area contributed by atoms with Gasteiger partial charge < -0.3 is 9.84 Å². The van der Waals surface area contributed by atoms with Crippen molar-refractivity contribution in [2.75, 3.05) is 6.61 Å². The Morgan fingerprint density at radius 3 is 2.41 bits per heavy atom. The molecule has 2 aromatic rings. The maximum Gasteiger partial charge on any atom is 0.312 e. The number of aromatic nitrogens is 2. The minimum Gasteiger partial charge on any atom is -0.460 e. The topological polar surface area (TPSA) is 72.3 Å². The number of benzene rings is 1. The SMILES string of the molecule is C=C(C)[C@@H]1CC[C@]2(C(=O)OCc3ccccc3)CC[C@]3(C)[C@H](CC[C@@H]4[C@@]5(C)Cc6nccnc6[C@@](C)(CO)[C@@H]5CC[C@]43C)[C@@H]12. The minimum atomic E-state index is -0.415. The van der Waals surface area contributed by atoms with Crippen molar-refractivity contribution in [1.29, 1.82) is 0 Å². The van der Waals surface area contributed by atoms with Crippen molar-refractivity contribution in [3.63, 3.8) is 0 Å². The van der Waals surface area contributed by atoms with Crippen LogP contribution >= 0.6 is 0 Å². The summed E-state index contributed by atoms with van der Waals surface area (Å²) in [6, 6.07) is 10.1. The van der Waals surface area contributed by atoms with E-state index >= 15 is 0 Å². The monoisotopic (exact) mass is 596 g/mol. The lowest BCUT2D eigenvalue weighted by Gasteiger charge is -2.72. The number of carbonyl (C=O) groups excluding carboxylic acids is 1. The van der Waals surface area contributed by atoms with Crippen LogP contribution in [-0.2, 0) is 28.0 Å². The van der Waals surface area contributed by atoms with Crippen LogP contribution in [0.5, 0.6) is 0 Å². The number of esters is 1. The second kappa shape index (κ2) is 10.2. The average molecular weight is 597 g/mol. The lowest BCUT2D eigenvalue weighted by Crippen LogP contribution is -2.67. The fourth-order valence-corrected chi connectivity index (χ4v) is 12.7. The second-order valence-corrected chi connectivity index (χ2v) is 16.5. The van der Waals surface area contributed by atoms with Gasteiger partial charge in [0.1, 0.15) is 6.61 Å². The molecule has 1 heterocycles. The van der Waals surface area contributed by atoms with E-state index in [1.54, 1.807) is 6.20 Å². The van der Waals surface area contributed by atoms with Crippen molar-refractivity contribution in [2.45, 2.75) is 104 Å². The van der Waals surface area contributed by atoms with E-state index in [0.717, 1.165) is 74.7 Å². The Labute approximate surface area is 264 Å². The third-order valence-electron chi connectivity index (χ3n) is 14.9. The van der Waals surface area contributed by atoms with Gasteiger partial charge in [-0.2, -0.15) is 0 Å². The number of allylic oxidation sites excluding steroid dienone is 1. The van der Waals surface area contributed by atoms with Crippen molar-refractivity contribution in [3.05, 3.63) is 71.8 Å². The van der Waals surface area contributed by atoms with Gasteiger partial charge in [-0.3, -0.25) is 14.8 Å². The average Bonchev–Trinajstić information content (AvgIpc) is 3.42. The smallest absolute Gasteiger partial charge is 0.312 e. The molecular weight excluding hydrogens is 544 g/mol. The van der Waals surface area contributed by atoms with E-state index in [-0.39, 0.29) is 40.2 Å². The number of hydrogen-bond acceptors (Lipinski definition) is 5. The fraction of sp³-hybridized carbons (Fsp3) is 0.667. The predicted molar refractivity (Wildman–Crippen MR) is 172 cm³/mol. The van der Waals surface area contributed by atoms with E-state index in [1.165, 1.54) is 5.57 Å².